The Balaban J connectivity index is 2.17. The molecule has 0 radical (unpaired) electrons. The van der Waals surface area contributed by atoms with E-state index in [2.05, 4.69) is 45.2 Å². The highest BCUT2D eigenvalue weighted by molar-refractivity contribution is 9.11. The van der Waals surface area contributed by atoms with E-state index in [-0.39, 0.29) is 0 Å². The van der Waals surface area contributed by atoms with Crippen molar-refractivity contribution in [1.29, 1.82) is 0 Å². The van der Waals surface area contributed by atoms with Crippen LogP contribution in [-0.2, 0) is 0 Å². The van der Waals surface area contributed by atoms with Gasteiger partial charge >= 0.3 is 0 Å². The maximum atomic E-state index is 3.47. The van der Waals surface area contributed by atoms with Crippen LogP contribution in [0.4, 0.5) is 0 Å². The van der Waals surface area contributed by atoms with Crippen molar-refractivity contribution in [2.75, 3.05) is 0 Å². The topological polar surface area (TPSA) is 0 Å². The van der Waals surface area contributed by atoms with E-state index in [1.165, 1.54) is 12.8 Å². The summed E-state index contributed by atoms with van der Waals surface area (Å²) in [6.45, 7) is 0. The van der Waals surface area contributed by atoms with Crippen LogP contribution in [0, 0.1) is 0 Å². The monoisotopic (exact) mass is 234 g/mol. The maximum absolute atomic E-state index is 3.47. The average molecular weight is 235 g/mol. The second-order valence-corrected chi connectivity index (χ2v) is 4.46. The quantitative estimate of drug-likeness (QED) is 0.638. The fourth-order valence-corrected chi connectivity index (χ4v) is 3.34. The van der Waals surface area contributed by atoms with Crippen LogP contribution in [0.3, 0.4) is 0 Å². The van der Waals surface area contributed by atoms with E-state index in [1.54, 1.807) is 16.7 Å². The molecule has 2 aliphatic rings. The molecule has 0 aliphatic heterocycles. The highest BCUT2D eigenvalue weighted by Gasteiger charge is 2.39. The number of rotatable bonds is 0. The normalized spacial score (nSPS) is 32.5. The summed E-state index contributed by atoms with van der Waals surface area (Å²) in [5.41, 5.74) is 4.76. The summed E-state index contributed by atoms with van der Waals surface area (Å²) in [7, 11) is 0. The molecule has 1 aromatic carbocycles. The second kappa shape index (κ2) is 2.71. The molecule has 0 spiro atoms. The van der Waals surface area contributed by atoms with Crippen LogP contribution in [0.5, 0.6) is 0 Å². The van der Waals surface area contributed by atoms with Crippen LogP contribution in [0.15, 0.2) is 34.8 Å². The molecular formula is C12H11Br. The molecule has 13 heavy (non-hydrogen) atoms. The summed E-state index contributed by atoms with van der Waals surface area (Å²) >= 11 is 3.47. The van der Waals surface area contributed by atoms with E-state index in [9.17, 15) is 0 Å². The third kappa shape index (κ3) is 0.969. The second-order valence-electron chi connectivity index (χ2n) is 4.00. The third-order valence-corrected chi connectivity index (χ3v) is 3.99. The number of hydrogen-bond donors (Lipinski definition) is 0. The van der Waals surface area contributed by atoms with Gasteiger partial charge in [-0.2, -0.15) is 0 Å². The standard InChI is InChI=1S/C12H11Br/c13-7-9-5-8-6-12(9)11-4-2-1-3-10(8)11/h1-4,7-8,12H,5-6H2. The lowest BCUT2D eigenvalue weighted by Crippen LogP contribution is -1.99. The predicted molar refractivity (Wildman–Crippen MR) is 58.2 cm³/mol. The molecule has 1 aromatic rings. The van der Waals surface area contributed by atoms with Gasteiger partial charge in [-0.1, -0.05) is 45.8 Å². The van der Waals surface area contributed by atoms with E-state index in [0.717, 1.165) is 11.8 Å². The number of fused-ring (bicyclic) bond motifs is 5. The lowest BCUT2D eigenvalue weighted by atomic mass is 9.89. The summed E-state index contributed by atoms with van der Waals surface area (Å²) in [6.07, 6.45) is 2.61. The summed E-state index contributed by atoms with van der Waals surface area (Å²) in [5.74, 6) is 1.53. The molecule has 0 nitrogen and oxygen atoms in total. The van der Waals surface area contributed by atoms with Crippen LogP contribution in [0.2, 0.25) is 0 Å². The van der Waals surface area contributed by atoms with Gasteiger partial charge in [0, 0.05) is 5.92 Å². The highest BCUT2D eigenvalue weighted by atomic mass is 79.9. The van der Waals surface area contributed by atoms with Crippen LogP contribution < -0.4 is 0 Å². The first-order valence-electron chi connectivity index (χ1n) is 4.78. The van der Waals surface area contributed by atoms with Crippen LogP contribution in [0.1, 0.15) is 35.8 Å². The average Bonchev–Trinajstić information content (AvgIpc) is 2.75. The zero-order valence-corrected chi connectivity index (χ0v) is 8.92. The summed E-state index contributed by atoms with van der Waals surface area (Å²) in [4.78, 5) is 2.13. The Hall–Kier alpha value is -0.560. The number of hydrogen-bond acceptors (Lipinski definition) is 0. The van der Waals surface area contributed by atoms with Crippen molar-refractivity contribution in [2.45, 2.75) is 24.7 Å². The first-order chi connectivity index (χ1) is 6.40. The number of benzene rings is 1. The lowest BCUT2D eigenvalue weighted by Gasteiger charge is -2.16. The van der Waals surface area contributed by atoms with Gasteiger partial charge in [-0.15, -0.1) is 0 Å². The Morgan fingerprint density at radius 1 is 1.23 bits per heavy atom. The summed E-state index contributed by atoms with van der Waals surface area (Å²) in [5, 5.41) is 0. The van der Waals surface area contributed by atoms with Crippen LogP contribution in [0.25, 0.3) is 0 Å². The van der Waals surface area contributed by atoms with E-state index in [0.29, 0.717) is 0 Å². The molecule has 2 atom stereocenters. The smallest absolute Gasteiger partial charge is 0.00654 e. The third-order valence-electron chi connectivity index (χ3n) is 3.40. The predicted octanol–water partition coefficient (Wildman–Crippen LogP) is 3.94. The molecule has 1 saturated carbocycles. The SMILES string of the molecule is BrC=C1CC2CC1c1ccccc12. The molecule has 3 rings (SSSR count). The highest BCUT2D eigenvalue weighted by Crippen LogP contribution is 2.55. The molecule has 1 fully saturated rings. The first kappa shape index (κ1) is 7.81. The summed E-state index contributed by atoms with van der Waals surface area (Å²) in [6, 6.07) is 8.91. The van der Waals surface area contributed by atoms with Gasteiger partial charge in [0.25, 0.3) is 0 Å². The van der Waals surface area contributed by atoms with Gasteiger partial charge in [-0.05, 0) is 34.9 Å². The van der Waals surface area contributed by atoms with Crippen LogP contribution in [-0.4, -0.2) is 0 Å². The van der Waals surface area contributed by atoms with Gasteiger partial charge in [0.15, 0.2) is 0 Å². The minimum absolute atomic E-state index is 0.723. The Kier molecular flexibility index (Phi) is 1.63. The molecule has 0 N–H and O–H groups in total. The van der Waals surface area contributed by atoms with Gasteiger partial charge in [-0.25, -0.2) is 0 Å². The molecule has 0 aromatic heterocycles. The van der Waals surface area contributed by atoms with Crippen molar-refractivity contribution in [3.8, 4) is 0 Å². The minimum Gasteiger partial charge on any atom is -0.0620 e. The van der Waals surface area contributed by atoms with Gasteiger partial charge < -0.3 is 0 Å². The Morgan fingerprint density at radius 3 is 2.77 bits per heavy atom. The first-order valence-corrected chi connectivity index (χ1v) is 5.69. The molecular weight excluding hydrogens is 224 g/mol. The van der Waals surface area contributed by atoms with E-state index < -0.39 is 0 Å². The van der Waals surface area contributed by atoms with Gasteiger partial charge in [0.2, 0.25) is 0 Å². The van der Waals surface area contributed by atoms with Gasteiger partial charge in [-0.3, -0.25) is 0 Å². The number of halogens is 1. The zero-order chi connectivity index (χ0) is 8.84. The lowest BCUT2D eigenvalue weighted by molar-refractivity contribution is 0.757. The van der Waals surface area contributed by atoms with Crippen molar-refractivity contribution >= 4 is 15.9 Å². The summed E-state index contributed by atoms with van der Waals surface area (Å²) < 4.78 is 0. The van der Waals surface area contributed by atoms with Crippen molar-refractivity contribution < 1.29 is 0 Å². The Labute approximate surface area is 86.8 Å². The van der Waals surface area contributed by atoms with E-state index in [4.69, 9.17) is 0 Å². The fourth-order valence-electron chi connectivity index (χ4n) is 2.83. The van der Waals surface area contributed by atoms with Crippen molar-refractivity contribution in [3.63, 3.8) is 0 Å². The van der Waals surface area contributed by atoms with E-state index >= 15 is 0 Å². The molecule has 2 aliphatic carbocycles. The molecule has 1 heteroatoms. The fraction of sp³-hybridized carbons (Fsp3) is 0.333. The van der Waals surface area contributed by atoms with Gasteiger partial charge in [0.05, 0.1) is 0 Å². The zero-order valence-electron chi connectivity index (χ0n) is 7.33. The maximum Gasteiger partial charge on any atom is 0.00654 e. The molecule has 2 unspecified atom stereocenters. The largest absolute Gasteiger partial charge is 0.0620 e. The van der Waals surface area contributed by atoms with Gasteiger partial charge in [0.1, 0.15) is 0 Å². The minimum atomic E-state index is 0.723. The van der Waals surface area contributed by atoms with E-state index in [1.807, 2.05) is 0 Å². The van der Waals surface area contributed by atoms with Crippen molar-refractivity contribution in [1.82, 2.24) is 0 Å². The molecule has 0 amide bonds. The molecule has 2 bridgehead atoms. The Bertz CT molecular complexity index is 378. The van der Waals surface area contributed by atoms with Crippen LogP contribution >= 0.6 is 15.9 Å². The number of allylic oxidation sites excluding steroid dienone is 1. The van der Waals surface area contributed by atoms with Crippen molar-refractivity contribution in [3.05, 3.63) is 46.0 Å². The molecule has 0 heterocycles. The molecule has 0 saturated heterocycles. The van der Waals surface area contributed by atoms with Crippen molar-refractivity contribution in [2.24, 2.45) is 0 Å². The Morgan fingerprint density at radius 2 is 2.00 bits per heavy atom. The molecule has 66 valence electrons.